The summed E-state index contributed by atoms with van der Waals surface area (Å²) in [7, 11) is 0. The van der Waals surface area contributed by atoms with Crippen molar-refractivity contribution in [3.05, 3.63) is 212 Å². The van der Waals surface area contributed by atoms with Crippen LogP contribution in [0.3, 0.4) is 0 Å². The van der Waals surface area contributed by atoms with Gasteiger partial charge in [0.15, 0.2) is 0 Å². The fourth-order valence-corrected chi connectivity index (χ4v) is 11.6. The number of anilines is 3. The molecule has 0 aliphatic carbocycles. The molecule has 0 aliphatic heterocycles. The zero-order chi connectivity index (χ0) is 38.9. The maximum atomic E-state index is 2.38. The lowest BCUT2D eigenvalue weighted by Gasteiger charge is -2.26. The number of fused-ring (bicyclic) bond motifs is 9. The molecule has 3 heteroatoms. The highest BCUT2D eigenvalue weighted by Crippen LogP contribution is 2.48. The van der Waals surface area contributed by atoms with E-state index in [2.05, 4.69) is 217 Å². The molecule has 0 spiro atoms. The molecule has 0 amide bonds. The van der Waals surface area contributed by atoms with Crippen LogP contribution in [-0.2, 0) is 0 Å². The number of thiophene rings is 2. The van der Waals surface area contributed by atoms with E-state index in [4.69, 9.17) is 0 Å². The van der Waals surface area contributed by atoms with Gasteiger partial charge in [0.05, 0.1) is 0 Å². The van der Waals surface area contributed by atoms with Crippen LogP contribution in [0.2, 0.25) is 0 Å². The molecule has 0 radical (unpaired) electrons. The zero-order valence-corrected chi connectivity index (χ0v) is 33.6. The van der Waals surface area contributed by atoms with Crippen LogP contribution in [0.1, 0.15) is 0 Å². The highest BCUT2D eigenvalue weighted by Gasteiger charge is 2.18. The highest BCUT2D eigenvalue weighted by molar-refractivity contribution is 7.29. The maximum Gasteiger partial charge on any atom is 0.0462 e. The number of hydrogen-bond acceptors (Lipinski definition) is 3. The third-order valence-corrected chi connectivity index (χ3v) is 14.2. The van der Waals surface area contributed by atoms with Crippen molar-refractivity contribution in [2.75, 3.05) is 4.90 Å². The van der Waals surface area contributed by atoms with Crippen LogP contribution >= 0.6 is 22.7 Å². The van der Waals surface area contributed by atoms with Crippen LogP contribution in [0, 0.1) is 0 Å². The second kappa shape index (κ2) is 13.8. The molecular weight excluding hydrogens is 751 g/mol. The van der Waals surface area contributed by atoms with Gasteiger partial charge >= 0.3 is 0 Å². The molecule has 10 aromatic carbocycles. The molecule has 0 aliphatic rings. The van der Waals surface area contributed by atoms with Crippen LogP contribution in [0.4, 0.5) is 17.1 Å². The highest BCUT2D eigenvalue weighted by atomic mass is 32.1. The summed E-state index contributed by atoms with van der Waals surface area (Å²) < 4.78 is 5.38. The van der Waals surface area contributed by atoms with Crippen molar-refractivity contribution >= 4 is 102 Å². The first-order valence-electron chi connectivity index (χ1n) is 20.1. The van der Waals surface area contributed by atoms with Gasteiger partial charge in [0, 0.05) is 57.4 Å². The molecule has 0 saturated heterocycles. The Kier molecular flexibility index (Phi) is 7.97. The van der Waals surface area contributed by atoms with E-state index in [1.807, 2.05) is 22.7 Å². The topological polar surface area (TPSA) is 3.24 Å². The summed E-state index contributed by atoms with van der Waals surface area (Å²) in [6, 6.07) is 77.9. The summed E-state index contributed by atoms with van der Waals surface area (Å²) in [5.41, 5.74) is 10.7. The zero-order valence-electron chi connectivity index (χ0n) is 32.0. The lowest BCUT2D eigenvalue weighted by molar-refractivity contribution is 1.28. The molecule has 0 N–H and O–H groups in total. The van der Waals surface area contributed by atoms with E-state index in [9.17, 15) is 0 Å². The van der Waals surface area contributed by atoms with Gasteiger partial charge in [0.2, 0.25) is 0 Å². The van der Waals surface area contributed by atoms with Gasteiger partial charge < -0.3 is 4.90 Å². The van der Waals surface area contributed by atoms with Crippen molar-refractivity contribution < 1.29 is 0 Å². The van der Waals surface area contributed by atoms with E-state index in [0.717, 1.165) is 17.1 Å². The lowest BCUT2D eigenvalue weighted by atomic mass is 9.97. The maximum absolute atomic E-state index is 2.38. The van der Waals surface area contributed by atoms with Crippen LogP contribution in [0.5, 0.6) is 0 Å². The Bertz CT molecular complexity index is 3400. The first-order chi connectivity index (χ1) is 29.2. The van der Waals surface area contributed by atoms with Gasteiger partial charge in [-0.1, -0.05) is 158 Å². The van der Waals surface area contributed by atoms with Gasteiger partial charge in [-0.05, 0) is 110 Å². The molecule has 0 fully saturated rings. The van der Waals surface area contributed by atoms with Gasteiger partial charge in [-0.25, -0.2) is 0 Å². The number of nitrogens with zero attached hydrogens (tertiary/aromatic N) is 1. The fourth-order valence-electron chi connectivity index (χ4n) is 9.10. The monoisotopic (exact) mass is 785 g/mol. The first-order valence-corrected chi connectivity index (χ1v) is 21.7. The first kappa shape index (κ1) is 34.0. The Morgan fingerprint density at radius 2 is 0.712 bits per heavy atom. The molecule has 12 aromatic rings. The number of benzene rings is 10. The smallest absolute Gasteiger partial charge is 0.0462 e. The van der Waals surface area contributed by atoms with Crippen molar-refractivity contribution in [3.63, 3.8) is 0 Å². The Balaban J connectivity index is 0.976. The van der Waals surface area contributed by atoms with E-state index in [-0.39, 0.29) is 0 Å². The van der Waals surface area contributed by atoms with Gasteiger partial charge in [-0.3, -0.25) is 0 Å². The van der Waals surface area contributed by atoms with Crippen molar-refractivity contribution in [1.29, 1.82) is 0 Å². The average molecular weight is 786 g/mol. The molecule has 0 atom stereocenters. The summed E-state index contributed by atoms with van der Waals surface area (Å²) in [5, 5.41) is 10.4. The van der Waals surface area contributed by atoms with Crippen LogP contribution in [-0.4, -0.2) is 0 Å². The summed E-state index contributed by atoms with van der Waals surface area (Å²) in [6.45, 7) is 0. The molecular formula is C56H35NS2. The Labute approximate surface area is 350 Å². The van der Waals surface area contributed by atoms with Gasteiger partial charge in [0.1, 0.15) is 0 Å². The molecule has 59 heavy (non-hydrogen) atoms. The molecule has 12 rings (SSSR count). The lowest BCUT2D eigenvalue weighted by Crippen LogP contribution is -2.09. The van der Waals surface area contributed by atoms with Gasteiger partial charge in [-0.15, -0.1) is 22.7 Å². The predicted molar refractivity (Wildman–Crippen MR) is 258 cm³/mol. The standard InChI is InChI=1S/C56H35NS2/c1-3-14-44-36(10-1)12-7-17-46(44)38-22-28-41(29-23-38)57(42-30-24-39(25-31-42)47-18-8-13-37-11-2-4-15-45(37)47)43-32-26-40(27-33-43)48-19-9-21-52-54(48)55-53(58-52)35-34-50-49-16-5-6-20-51(49)59-56(50)55/h1-35H. The van der Waals surface area contributed by atoms with E-state index in [1.54, 1.807) is 0 Å². The van der Waals surface area contributed by atoms with Gasteiger partial charge in [0.25, 0.3) is 0 Å². The quantitative estimate of drug-likeness (QED) is 0.162. The van der Waals surface area contributed by atoms with Crippen molar-refractivity contribution in [1.82, 2.24) is 0 Å². The Morgan fingerprint density at radius 3 is 1.31 bits per heavy atom. The number of rotatable bonds is 6. The molecule has 2 aromatic heterocycles. The van der Waals surface area contributed by atoms with E-state index < -0.39 is 0 Å². The molecule has 0 unspecified atom stereocenters. The van der Waals surface area contributed by atoms with Crippen molar-refractivity contribution in [2.24, 2.45) is 0 Å². The summed E-state index contributed by atoms with van der Waals surface area (Å²) in [5.74, 6) is 0. The van der Waals surface area contributed by atoms with E-state index in [1.165, 1.54) is 95.3 Å². The molecule has 0 saturated carbocycles. The largest absolute Gasteiger partial charge is 0.311 e. The minimum Gasteiger partial charge on any atom is -0.311 e. The fraction of sp³-hybridized carbons (Fsp3) is 0. The minimum absolute atomic E-state index is 1.11. The molecule has 2 heterocycles. The third kappa shape index (κ3) is 5.66. The second-order valence-corrected chi connectivity index (χ2v) is 17.4. The van der Waals surface area contributed by atoms with Crippen LogP contribution in [0.25, 0.3) is 95.3 Å². The minimum atomic E-state index is 1.11. The Hall–Kier alpha value is -7.04. The third-order valence-electron chi connectivity index (χ3n) is 11.9. The SMILES string of the molecule is c1ccc2c(-c3ccc(N(c4ccc(-c5cccc6ccccc56)cc4)c4ccc(-c5cccc6sc7ccc8c9ccccc9sc8c7c56)cc4)cc3)cccc2c1. The van der Waals surface area contributed by atoms with E-state index in [0.29, 0.717) is 0 Å². The average Bonchev–Trinajstić information content (AvgIpc) is 3.88. The van der Waals surface area contributed by atoms with Crippen LogP contribution in [0.15, 0.2) is 212 Å². The predicted octanol–water partition coefficient (Wildman–Crippen LogP) is 17.2. The summed E-state index contributed by atoms with van der Waals surface area (Å²) >= 11 is 3.81. The van der Waals surface area contributed by atoms with Gasteiger partial charge in [-0.2, -0.15) is 0 Å². The van der Waals surface area contributed by atoms with Crippen LogP contribution < -0.4 is 4.90 Å². The second-order valence-electron chi connectivity index (χ2n) is 15.2. The molecule has 0 bridgehead atoms. The van der Waals surface area contributed by atoms with Crippen molar-refractivity contribution in [2.45, 2.75) is 0 Å². The number of hydrogen-bond donors (Lipinski definition) is 0. The Morgan fingerprint density at radius 1 is 0.271 bits per heavy atom. The molecule has 1 nitrogen and oxygen atoms in total. The summed E-state index contributed by atoms with van der Waals surface area (Å²) in [6.07, 6.45) is 0. The normalized spacial score (nSPS) is 11.7. The molecule has 276 valence electrons. The summed E-state index contributed by atoms with van der Waals surface area (Å²) in [4.78, 5) is 2.38. The van der Waals surface area contributed by atoms with E-state index >= 15 is 0 Å². The van der Waals surface area contributed by atoms with Crippen molar-refractivity contribution in [3.8, 4) is 33.4 Å².